The van der Waals surface area contributed by atoms with E-state index >= 15 is 0 Å². The molecule has 0 aliphatic carbocycles. The lowest BCUT2D eigenvalue weighted by atomic mass is 10.1. The van der Waals surface area contributed by atoms with Crippen LogP contribution in [0.3, 0.4) is 0 Å². The Bertz CT molecular complexity index is 776. The summed E-state index contributed by atoms with van der Waals surface area (Å²) in [6.45, 7) is 9.75. The molecule has 0 radical (unpaired) electrons. The maximum atomic E-state index is 12.3. The third kappa shape index (κ3) is 3.61. The van der Waals surface area contributed by atoms with Gasteiger partial charge in [-0.1, -0.05) is 49.7 Å². The number of hydrogen-bond donors (Lipinski definition) is 1. The minimum Gasteiger partial charge on any atom is -0.326 e. The number of halogens is 2. The van der Waals surface area contributed by atoms with Crippen LogP contribution in [0.25, 0.3) is 16.6 Å². The summed E-state index contributed by atoms with van der Waals surface area (Å²) in [5, 5.41) is 1.47. The molecular formula is C17H20Cl2N2O. The van der Waals surface area contributed by atoms with Crippen LogP contribution in [0, 0.1) is 0 Å². The molecule has 2 rings (SSSR count). The van der Waals surface area contributed by atoms with Crippen molar-refractivity contribution < 1.29 is 0 Å². The van der Waals surface area contributed by atoms with Crippen molar-refractivity contribution in [2.24, 2.45) is 5.73 Å². The molecule has 5 heteroatoms. The van der Waals surface area contributed by atoms with Crippen molar-refractivity contribution >= 4 is 39.8 Å². The summed E-state index contributed by atoms with van der Waals surface area (Å²) in [7, 11) is 0. The number of hydrogen-bond acceptors (Lipinski definition) is 2. The van der Waals surface area contributed by atoms with Crippen molar-refractivity contribution in [1.82, 2.24) is 4.57 Å². The minimum absolute atomic E-state index is 0.0916. The van der Waals surface area contributed by atoms with Gasteiger partial charge >= 0.3 is 0 Å². The molecule has 0 saturated carbocycles. The quantitative estimate of drug-likeness (QED) is 0.820. The number of allylic oxidation sites excluding steroid dienone is 3. The summed E-state index contributed by atoms with van der Waals surface area (Å²) in [5.74, 6) is 0. The molecule has 1 aromatic heterocycles. The van der Waals surface area contributed by atoms with Gasteiger partial charge < -0.3 is 10.3 Å². The number of rotatable bonds is 3. The van der Waals surface area contributed by atoms with Crippen LogP contribution in [-0.2, 0) is 6.54 Å². The van der Waals surface area contributed by atoms with Gasteiger partial charge in [-0.15, -0.1) is 0 Å². The monoisotopic (exact) mass is 338 g/mol. The highest BCUT2D eigenvalue weighted by Gasteiger charge is 2.12. The van der Waals surface area contributed by atoms with Crippen molar-refractivity contribution in [2.75, 3.05) is 0 Å². The highest BCUT2D eigenvalue weighted by atomic mass is 35.5. The van der Waals surface area contributed by atoms with Crippen LogP contribution in [0.2, 0.25) is 5.02 Å². The van der Waals surface area contributed by atoms with Crippen molar-refractivity contribution in [3.05, 3.63) is 62.9 Å². The molecule has 0 amide bonds. The Morgan fingerprint density at radius 3 is 2.55 bits per heavy atom. The number of aromatic nitrogens is 1. The smallest absolute Gasteiger partial charge is 0.193 e. The zero-order valence-corrected chi connectivity index (χ0v) is 14.5. The molecule has 0 fully saturated rings. The molecule has 2 N–H and O–H groups in total. The van der Waals surface area contributed by atoms with Crippen LogP contribution < -0.4 is 11.2 Å². The molecule has 118 valence electrons. The van der Waals surface area contributed by atoms with Crippen LogP contribution in [0.15, 0.2) is 46.9 Å². The Balaban J connectivity index is 0.00000116. The molecule has 2 aromatic rings. The lowest BCUT2D eigenvalue weighted by molar-refractivity contribution is 1.01. The summed E-state index contributed by atoms with van der Waals surface area (Å²) in [4.78, 5) is 12.3. The Morgan fingerprint density at radius 2 is 2.05 bits per heavy atom. The van der Waals surface area contributed by atoms with E-state index in [0.717, 1.165) is 0 Å². The van der Waals surface area contributed by atoms with Crippen molar-refractivity contribution in [3.8, 4) is 0 Å². The summed E-state index contributed by atoms with van der Waals surface area (Å²) in [6.07, 6.45) is 3.50. The van der Waals surface area contributed by atoms with Gasteiger partial charge in [0.25, 0.3) is 0 Å². The summed E-state index contributed by atoms with van der Waals surface area (Å²) < 4.78 is 1.79. The highest BCUT2D eigenvalue weighted by Crippen LogP contribution is 2.25. The van der Waals surface area contributed by atoms with Crippen LogP contribution in [-0.4, -0.2) is 4.57 Å². The molecule has 0 aliphatic rings. The number of benzene rings is 1. The Hall–Kier alpha value is -1.55. The Kier molecular flexibility index (Phi) is 6.88. The lowest BCUT2D eigenvalue weighted by Crippen LogP contribution is -2.17. The van der Waals surface area contributed by atoms with Crippen LogP contribution in [0.4, 0.5) is 0 Å². The average molecular weight is 339 g/mol. The molecule has 3 nitrogen and oxygen atoms in total. The third-order valence-corrected chi connectivity index (χ3v) is 3.50. The van der Waals surface area contributed by atoms with Gasteiger partial charge in [0.15, 0.2) is 5.43 Å². The summed E-state index contributed by atoms with van der Waals surface area (Å²) in [5.41, 5.74) is 7.43. The minimum atomic E-state index is -0.0916. The summed E-state index contributed by atoms with van der Waals surface area (Å²) in [6, 6.07) is 5.10. The number of nitrogens with zero attached hydrogens (tertiary/aromatic N) is 1. The first-order chi connectivity index (χ1) is 10.5. The molecular weight excluding hydrogens is 319 g/mol. The van der Waals surface area contributed by atoms with Gasteiger partial charge in [-0.2, -0.15) is 0 Å². The van der Waals surface area contributed by atoms with Gasteiger partial charge in [-0.25, -0.2) is 0 Å². The number of fused-ring (bicyclic) bond motifs is 1. The zero-order chi connectivity index (χ0) is 16.9. The SMILES string of the molecule is C=C(Cl)/C(=C\C)n1cc(CN)c(=O)c2ccc(Cl)cc21.CC. The van der Waals surface area contributed by atoms with Gasteiger partial charge in [0.2, 0.25) is 0 Å². The van der Waals surface area contributed by atoms with Gasteiger partial charge in [0.1, 0.15) is 0 Å². The highest BCUT2D eigenvalue weighted by molar-refractivity contribution is 6.35. The van der Waals surface area contributed by atoms with Gasteiger partial charge in [0.05, 0.1) is 16.2 Å². The second-order valence-corrected chi connectivity index (χ2v) is 5.19. The van der Waals surface area contributed by atoms with Crippen molar-refractivity contribution in [1.29, 1.82) is 0 Å². The van der Waals surface area contributed by atoms with E-state index in [9.17, 15) is 4.79 Å². The predicted molar refractivity (Wildman–Crippen MR) is 97.4 cm³/mol. The first-order valence-electron chi connectivity index (χ1n) is 7.05. The third-order valence-electron chi connectivity index (χ3n) is 3.07. The topological polar surface area (TPSA) is 48.0 Å². The number of nitrogens with two attached hydrogens (primary N) is 1. The van der Waals surface area contributed by atoms with E-state index in [1.165, 1.54) is 0 Å². The fourth-order valence-electron chi connectivity index (χ4n) is 2.12. The van der Waals surface area contributed by atoms with Gasteiger partial charge in [0, 0.05) is 28.7 Å². The van der Waals surface area contributed by atoms with Crippen LogP contribution in [0.5, 0.6) is 0 Å². The van der Waals surface area contributed by atoms with E-state index in [1.807, 2.05) is 26.8 Å². The molecule has 0 bridgehead atoms. The standard InChI is InChI=1S/C15H14Cl2N2O.C2H6/c1-3-13(9(2)16)19-8-10(7-18)15(20)12-5-4-11(17)6-14(12)19;1-2/h3-6,8H,2,7,18H2,1H3;1-2H3/b13-3+;. The fourth-order valence-corrected chi connectivity index (χ4v) is 2.49. The van der Waals surface area contributed by atoms with E-state index in [2.05, 4.69) is 6.58 Å². The molecule has 1 aromatic carbocycles. The molecule has 0 spiro atoms. The fraction of sp³-hybridized carbons (Fsp3) is 0.235. The maximum absolute atomic E-state index is 12.3. The Labute approximate surface area is 140 Å². The molecule has 0 aliphatic heterocycles. The van der Waals surface area contributed by atoms with E-state index in [4.69, 9.17) is 28.9 Å². The predicted octanol–water partition coefficient (Wildman–Crippen LogP) is 4.75. The molecule has 22 heavy (non-hydrogen) atoms. The van der Waals surface area contributed by atoms with Crippen molar-refractivity contribution in [3.63, 3.8) is 0 Å². The average Bonchev–Trinajstić information content (AvgIpc) is 2.51. The maximum Gasteiger partial charge on any atom is 0.193 e. The first-order valence-corrected chi connectivity index (χ1v) is 7.80. The zero-order valence-electron chi connectivity index (χ0n) is 13.0. The van der Waals surface area contributed by atoms with E-state index in [1.54, 1.807) is 29.0 Å². The normalized spacial score (nSPS) is 11.1. The van der Waals surface area contributed by atoms with Gasteiger partial charge in [-0.3, -0.25) is 4.79 Å². The van der Waals surface area contributed by atoms with E-state index in [-0.39, 0.29) is 12.0 Å². The largest absolute Gasteiger partial charge is 0.326 e. The van der Waals surface area contributed by atoms with E-state index in [0.29, 0.717) is 32.2 Å². The molecule has 0 saturated heterocycles. The van der Waals surface area contributed by atoms with Gasteiger partial charge in [-0.05, 0) is 25.1 Å². The molecule has 0 unspecified atom stereocenters. The van der Waals surface area contributed by atoms with Crippen molar-refractivity contribution in [2.45, 2.75) is 27.3 Å². The number of pyridine rings is 1. The molecule has 1 heterocycles. The second-order valence-electron chi connectivity index (χ2n) is 4.30. The van der Waals surface area contributed by atoms with Crippen LogP contribution >= 0.6 is 23.2 Å². The second kappa shape index (κ2) is 8.18. The molecule has 0 atom stereocenters. The van der Waals surface area contributed by atoms with E-state index < -0.39 is 0 Å². The Morgan fingerprint density at radius 1 is 1.41 bits per heavy atom. The lowest BCUT2D eigenvalue weighted by Gasteiger charge is -2.15. The summed E-state index contributed by atoms with van der Waals surface area (Å²) >= 11 is 12.1. The first kappa shape index (κ1) is 18.5. The van der Waals surface area contributed by atoms with Crippen LogP contribution in [0.1, 0.15) is 26.3 Å².